The largest absolute Gasteiger partial charge is 0.443 e. The van der Waals surface area contributed by atoms with Gasteiger partial charge in [0.25, 0.3) is 11.1 Å². The first-order valence-corrected chi connectivity index (χ1v) is 9.53. The number of aliphatic imine (C=N–C) groups is 1. The zero-order valence-corrected chi connectivity index (χ0v) is 15.8. The number of benzene rings is 2. The standard InChI is InChI=1S/C21H18N2O3S/c1-13(2)23-20(24)18(27-21(23)25)11-14-6-5-8-16(10-14)26-19-12-15-7-3-4-9-17(15)22-19/h3-11,13H,12H2,1-2H3/b18-11-. The molecule has 0 aliphatic carbocycles. The second-order valence-corrected chi connectivity index (χ2v) is 7.62. The zero-order valence-electron chi connectivity index (χ0n) is 15.0. The number of fused-ring (bicyclic) bond motifs is 1. The highest BCUT2D eigenvalue weighted by Crippen LogP contribution is 2.34. The van der Waals surface area contributed by atoms with Gasteiger partial charge >= 0.3 is 0 Å². The molecule has 0 aromatic heterocycles. The lowest BCUT2D eigenvalue weighted by atomic mass is 10.1. The highest BCUT2D eigenvalue weighted by molar-refractivity contribution is 8.18. The minimum Gasteiger partial charge on any atom is -0.443 e. The molecule has 2 amide bonds. The maximum Gasteiger partial charge on any atom is 0.293 e. The summed E-state index contributed by atoms with van der Waals surface area (Å²) in [5, 5.41) is -0.230. The maximum atomic E-state index is 12.4. The van der Waals surface area contributed by atoms with E-state index in [2.05, 4.69) is 4.99 Å². The van der Waals surface area contributed by atoms with E-state index in [1.165, 1.54) is 4.90 Å². The first kappa shape index (κ1) is 17.5. The van der Waals surface area contributed by atoms with Crippen LogP contribution in [-0.4, -0.2) is 28.0 Å². The Morgan fingerprint density at radius 1 is 1.15 bits per heavy atom. The Kier molecular flexibility index (Phi) is 4.58. The smallest absolute Gasteiger partial charge is 0.293 e. The second kappa shape index (κ2) is 7.04. The Morgan fingerprint density at radius 2 is 1.96 bits per heavy atom. The number of hydrogen-bond donors (Lipinski definition) is 0. The maximum absolute atomic E-state index is 12.4. The molecule has 27 heavy (non-hydrogen) atoms. The Morgan fingerprint density at radius 3 is 2.70 bits per heavy atom. The molecule has 1 fully saturated rings. The Labute approximate surface area is 161 Å². The van der Waals surface area contributed by atoms with E-state index < -0.39 is 0 Å². The number of carbonyl (C=O) groups is 2. The number of nitrogens with zero attached hydrogens (tertiary/aromatic N) is 2. The van der Waals surface area contributed by atoms with Crippen LogP contribution in [0.15, 0.2) is 58.4 Å². The van der Waals surface area contributed by atoms with Crippen LogP contribution in [0.2, 0.25) is 0 Å². The first-order chi connectivity index (χ1) is 13.0. The Bertz CT molecular complexity index is 994. The molecule has 2 aromatic carbocycles. The summed E-state index contributed by atoms with van der Waals surface area (Å²) in [7, 11) is 0. The molecule has 2 heterocycles. The van der Waals surface area contributed by atoms with Crippen LogP contribution in [0, 0.1) is 0 Å². The summed E-state index contributed by atoms with van der Waals surface area (Å²) >= 11 is 0.969. The van der Waals surface area contributed by atoms with Crippen LogP contribution >= 0.6 is 11.8 Å². The van der Waals surface area contributed by atoms with Gasteiger partial charge in [0.05, 0.1) is 17.0 Å². The van der Waals surface area contributed by atoms with E-state index >= 15 is 0 Å². The highest BCUT2D eigenvalue weighted by Gasteiger charge is 2.36. The van der Waals surface area contributed by atoms with Gasteiger partial charge in [-0.25, -0.2) is 4.99 Å². The molecular formula is C21H18N2O3S. The van der Waals surface area contributed by atoms with E-state index in [0.717, 1.165) is 28.6 Å². The number of ether oxygens (including phenoxy) is 1. The summed E-state index contributed by atoms with van der Waals surface area (Å²) < 4.78 is 5.92. The van der Waals surface area contributed by atoms with Crippen LogP contribution in [0.3, 0.4) is 0 Å². The van der Waals surface area contributed by atoms with E-state index in [1.807, 2.05) is 62.4 Å². The molecule has 2 aliphatic rings. The second-order valence-electron chi connectivity index (χ2n) is 6.63. The van der Waals surface area contributed by atoms with Crippen molar-refractivity contribution >= 4 is 40.6 Å². The summed E-state index contributed by atoms with van der Waals surface area (Å²) in [4.78, 5) is 30.6. The van der Waals surface area contributed by atoms with Crippen molar-refractivity contribution in [2.45, 2.75) is 26.3 Å². The van der Waals surface area contributed by atoms with Crippen molar-refractivity contribution in [3.05, 3.63) is 64.6 Å². The van der Waals surface area contributed by atoms with Crippen molar-refractivity contribution in [2.75, 3.05) is 0 Å². The number of imide groups is 1. The molecule has 0 spiro atoms. The number of rotatable bonds is 3. The fourth-order valence-electron chi connectivity index (χ4n) is 3.05. The molecule has 5 nitrogen and oxygen atoms in total. The average molecular weight is 378 g/mol. The van der Waals surface area contributed by atoms with Crippen LogP contribution < -0.4 is 4.74 Å². The summed E-state index contributed by atoms with van der Waals surface area (Å²) in [6, 6.07) is 15.2. The van der Waals surface area contributed by atoms with Crippen molar-refractivity contribution in [1.82, 2.24) is 4.90 Å². The third-order valence-corrected chi connectivity index (χ3v) is 5.19. The van der Waals surface area contributed by atoms with Crippen molar-refractivity contribution in [3.8, 4) is 5.75 Å². The third-order valence-electron chi connectivity index (χ3n) is 4.31. The summed E-state index contributed by atoms with van der Waals surface area (Å²) in [5.41, 5.74) is 2.88. The molecule has 2 aliphatic heterocycles. The number of para-hydroxylation sites is 1. The molecule has 6 heteroatoms. The quantitative estimate of drug-likeness (QED) is 0.720. The number of hydrogen-bond acceptors (Lipinski definition) is 5. The molecular weight excluding hydrogens is 360 g/mol. The van der Waals surface area contributed by atoms with Crippen molar-refractivity contribution < 1.29 is 14.3 Å². The molecule has 0 unspecified atom stereocenters. The topological polar surface area (TPSA) is 59.0 Å². The van der Waals surface area contributed by atoms with Gasteiger partial charge in [-0.1, -0.05) is 30.3 Å². The van der Waals surface area contributed by atoms with Crippen LogP contribution in [0.5, 0.6) is 5.75 Å². The van der Waals surface area contributed by atoms with Crippen LogP contribution in [-0.2, 0) is 11.2 Å². The van der Waals surface area contributed by atoms with E-state index in [0.29, 0.717) is 23.0 Å². The molecule has 0 bridgehead atoms. The highest BCUT2D eigenvalue weighted by atomic mass is 32.2. The van der Waals surface area contributed by atoms with E-state index in [1.54, 1.807) is 6.08 Å². The Balaban J connectivity index is 1.52. The average Bonchev–Trinajstić information content (AvgIpc) is 3.15. The summed E-state index contributed by atoms with van der Waals surface area (Å²) in [6.45, 7) is 3.65. The molecule has 0 saturated carbocycles. The lowest BCUT2D eigenvalue weighted by Gasteiger charge is -2.16. The van der Waals surface area contributed by atoms with Gasteiger partial charge in [0.2, 0.25) is 0 Å². The zero-order chi connectivity index (χ0) is 19.0. The number of thioether (sulfide) groups is 1. The minimum absolute atomic E-state index is 0.153. The monoisotopic (exact) mass is 378 g/mol. The molecule has 0 N–H and O–H groups in total. The van der Waals surface area contributed by atoms with Gasteiger partial charge in [-0.2, -0.15) is 0 Å². The van der Waals surface area contributed by atoms with Crippen LogP contribution in [0.4, 0.5) is 10.5 Å². The van der Waals surface area contributed by atoms with Gasteiger partial charge in [-0.05, 0) is 61.0 Å². The van der Waals surface area contributed by atoms with Gasteiger partial charge in [0.15, 0.2) is 5.90 Å². The van der Waals surface area contributed by atoms with Crippen molar-refractivity contribution in [1.29, 1.82) is 0 Å². The lowest BCUT2D eigenvalue weighted by molar-refractivity contribution is -0.123. The van der Waals surface area contributed by atoms with Gasteiger partial charge in [0, 0.05) is 6.04 Å². The van der Waals surface area contributed by atoms with Gasteiger partial charge < -0.3 is 4.74 Å². The molecule has 136 valence electrons. The molecule has 0 radical (unpaired) electrons. The minimum atomic E-state index is -0.248. The third kappa shape index (κ3) is 3.53. The SMILES string of the molecule is CC(C)N1C(=O)S/C(=C\c2cccc(OC3=Nc4ccccc4C3)c2)C1=O. The predicted octanol–water partition coefficient (Wildman–Crippen LogP) is 4.80. The van der Waals surface area contributed by atoms with Gasteiger partial charge in [0.1, 0.15) is 5.75 Å². The van der Waals surface area contributed by atoms with E-state index in [-0.39, 0.29) is 17.2 Å². The molecule has 2 aromatic rings. The van der Waals surface area contributed by atoms with Gasteiger partial charge in [-0.3, -0.25) is 14.5 Å². The number of carbonyl (C=O) groups excluding carboxylic acids is 2. The predicted molar refractivity (Wildman–Crippen MR) is 107 cm³/mol. The summed E-state index contributed by atoms with van der Waals surface area (Å²) in [6.07, 6.45) is 2.39. The molecule has 0 atom stereocenters. The fourth-order valence-corrected chi connectivity index (χ4v) is 4.01. The van der Waals surface area contributed by atoms with Crippen LogP contribution in [0.1, 0.15) is 25.0 Å². The van der Waals surface area contributed by atoms with Crippen LogP contribution in [0.25, 0.3) is 6.08 Å². The Hall–Kier alpha value is -2.86. The van der Waals surface area contributed by atoms with Crippen molar-refractivity contribution in [2.24, 2.45) is 4.99 Å². The molecule has 4 rings (SSSR count). The van der Waals surface area contributed by atoms with Gasteiger partial charge in [-0.15, -0.1) is 0 Å². The summed E-state index contributed by atoms with van der Waals surface area (Å²) in [5.74, 6) is 1.05. The van der Waals surface area contributed by atoms with E-state index in [4.69, 9.17) is 4.74 Å². The normalized spacial score (nSPS) is 17.7. The fraction of sp³-hybridized carbons (Fsp3) is 0.190. The first-order valence-electron chi connectivity index (χ1n) is 8.72. The molecule has 1 saturated heterocycles. The lowest BCUT2D eigenvalue weighted by Crippen LogP contribution is -2.34. The number of amides is 2. The van der Waals surface area contributed by atoms with E-state index in [9.17, 15) is 9.59 Å². The van der Waals surface area contributed by atoms with Crippen molar-refractivity contribution in [3.63, 3.8) is 0 Å².